The summed E-state index contributed by atoms with van der Waals surface area (Å²) in [5.41, 5.74) is 2.80. The molecule has 0 aliphatic carbocycles. The lowest BCUT2D eigenvalue weighted by atomic mass is 10.3. The van der Waals surface area contributed by atoms with Crippen molar-refractivity contribution >= 4 is 15.9 Å². The van der Waals surface area contributed by atoms with E-state index in [1.165, 1.54) is 0 Å². The Morgan fingerprint density at radius 2 is 2.24 bits per heavy atom. The van der Waals surface area contributed by atoms with E-state index >= 15 is 0 Å². The van der Waals surface area contributed by atoms with E-state index < -0.39 is 0 Å². The molecule has 2 aromatic heterocycles. The minimum atomic E-state index is 0.0905. The van der Waals surface area contributed by atoms with Gasteiger partial charge in [-0.05, 0) is 22.9 Å². The van der Waals surface area contributed by atoms with Gasteiger partial charge in [0.15, 0.2) is 0 Å². The fourth-order valence-electron chi connectivity index (χ4n) is 1.65. The molecule has 0 aliphatic rings. The van der Waals surface area contributed by atoms with Gasteiger partial charge in [-0.3, -0.25) is 4.68 Å². The van der Waals surface area contributed by atoms with Gasteiger partial charge in [0.25, 0.3) is 0 Å². The summed E-state index contributed by atoms with van der Waals surface area (Å²) in [5, 5.41) is 21.1. The van der Waals surface area contributed by atoms with Crippen molar-refractivity contribution in [1.29, 1.82) is 0 Å². The van der Waals surface area contributed by atoms with Gasteiger partial charge in [-0.25, -0.2) is 4.68 Å². The van der Waals surface area contributed by atoms with E-state index in [1.807, 2.05) is 24.9 Å². The molecule has 0 fully saturated rings. The van der Waals surface area contributed by atoms with E-state index in [0.717, 1.165) is 21.6 Å². The van der Waals surface area contributed by atoms with Crippen LogP contribution in [0.5, 0.6) is 0 Å². The summed E-state index contributed by atoms with van der Waals surface area (Å²) >= 11 is 3.51. The van der Waals surface area contributed by atoms with Crippen LogP contribution >= 0.6 is 15.9 Å². The summed E-state index contributed by atoms with van der Waals surface area (Å²) in [4.78, 5) is 0. The zero-order chi connectivity index (χ0) is 12.4. The fraction of sp³-hybridized carbons (Fsp3) is 0.500. The Labute approximate surface area is 107 Å². The highest BCUT2D eigenvalue weighted by Gasteiger charge is 2.11. The number of halogens is 1. The summed E-state index contributed by atoms with van der Waals surface area (Å²) in [6, 6.07) is 0. The van der Waals surface area contributed by atoms with Crippen LogP contribution < -0.4 is 0 Å². The number of hydrogen-bond donors (Lipinski definition) is 1. The number of rotatable bonds is 4. The van der Waals surface area contributed by atoms with Gasteiger partial charge in [-0.1, -0.05) is 5.21 Å². The summed E-state index contributed by atoms with van der Waals surface area (Å²) < 4.78 is 4.57. The molecule has 0 spiro atoms. The molecule has 0 bridgehead atoms. The van der Waals surface area contributed by atoms with E-state index in [0.29, 0.717) is 13.0 Å². The highest BCUT2D eigenvalue weighted by atomic mass is 79.9. The molecule has 0 aromatic carbocycles. The average molecular weight is 300 g/mol. The Hall–Kier alpha value is -1.21. The van der Waals surface area contributed by atoms with E-state index in [2.05, 4.69) is 31.3 Å². The second kappa shape index (κ2) is 4.97. The van der Waals surface area contributed by atoms with Gasteiger partial charge in [-0.2, -0.15) is 5.10 Å². The molecule has 7 heteroatoms. The van der Waals surface area contributed by atoms with Crippen molar-refractivity contribution < 1.29 is 5.11 Å². The van der Waals surface area contributed by atoms with Crippen molar-refractivity contribution in [2.24, 2.45) is 7.05 Å². The first kappa shape index (κ1) is 12.3. The number of hydrogen-bond acceptors (Lipinski definition) is 4. The molecule has 0 aliphatic heterocycles. The average Bonchev–Trinajstić information content (AvgIpc) is 2.81. The van der Waals surface area contributed by atoms with Crippen molar-refractivity contribution in [2.45, 2.75) is 19.9 Å². The van der Waals surface area contributed by atoms with Crippen LogP contribution in [0.15, 0.2) is 10.7 Å². The van der Waals surface area contributed by atoms with Crippen molar-refractivity contribution in [1.82, 2.24) is 24.8 Å². The first-order valence-corrected chi connectivity index (χ1v) is 6.09. The number of nitrogens with zero attached hydrogens (tertiary/aromatic N) is 5. The molecule has 0 saturated carbocycles. The SMILES string of the molecule is Cc1nn(C)c(Cn2cc(CCO)nn2)c1Br. The molecule has 2 aromatic rings. The molecule has 0 unspecified atom stereocenters. The topological polar surface area (TPSA) is 68.8 Å². The molecule has 0 saturated heterocycles. The molecule has 2 rings (SSSR count). The number of aromatic nitrogens is 5. The summed E-state index contributed by atoms with van der Waals surface area (Å²) in [7, 11) is 1.90. The van der Waals surface area contributed by atoms with Gasteiger partial charge in [0, 0.05) is 26.3 Å². The lowest BCUT2D eigenvalue weighted by Gasteiger charge is -2.02. The monoisotopic (exact) mass is 299 g/mol. The predicted octanol–water partition coefficient (Wildman–Crippen LogP) is 0.666. The maximum atomic E-state index is 8.81. The molecule has 0 atom stereocenters. The zero-order valence-corrected chi connectivity index (χ0v) is 11.3. The van der Waals surface area contributed by atoms with E-state index in [1.54, 1.807) is 4.68 Å². The third-order valence-corrected chi connectivity index (χ3v) is 3.56. The molecular weight excluding hydrogens is 286 g/mol. The minimum absolute atomic E-state index is 0.0905. The minimum Gasteiger partial charge on any atom is -0.396 e. The Morgan fingerprint density at radius 1 is 1.47 bits per heavy atom. The molecule has 17 heavy (non-hydrogen) atoms. The van der Waals surface area contributed by atoms with Crippen LogP contribution in [-0.2, 0) is 20.0 Å². The van der Waals surface area contributed by atoms with Crippen molar-refractivity contribution in [3.05, 3.63) is 27.8 Å². The third-order valence-electron chi connectivity index (χ3n) is 2.53. The molecule has 0 radical (unpaired) electrons. The molecular formula is C10H14BrN5O. The third kappa shape index (κ3) is 2.55. The van der Waals surface area contributed by atoms with Gasteiger partial charge < -0.3 is 5.11 Å². The van der Waals surface area contributed by atoms with E-state index in [-0.39, 0.29) is 6.61 Å². The molecule has 92 valence electrons. The Bertz CT molecular complexity index is 519. The van der Waals surface area contributed by atoms with E-state index in [9.17, 15) is 0 Å². The summed E-state index contributed by atoms with van der Waals surface area (Å²) in [6.45, 7) is 2.65. The van der Waals surface area contributed by atoms with Gasteiger partial charge in [0.05, 0.1) is 28.1 Å². The van der Waals surface area contributed by atoms with Crippen molar-refractivity contribution in [2.75, 3.05) is 6.61 Å². The molecule has 2 heterocycles. The second-order valence-corrected chi connectivity index (χ2v) is 4.64. The Kier molecular flexibility index (Phi) is 3.58. The van der Waals surface area contributed by atoms with Crippen LogP contribution in [0.25, 0.3) is 0 Å². The Morgan fingerprint density at radius 3 is 2.82 bits per heavy atom. The van der Waals surface area contributed by atoms with Crippen molar-refractivity contribution in [3.8, 4) is 0 Å². The molecule has 6 nitrogen and oxygen atoms in total. The first-order chi connectivity index (χ1) is 8.11. The van der Waals surface area contributed by atoms with Crippen LogP contribution in [0.4, 0.5) is 0 Å². The highest BCUT2D eigenvalue weighted by molar-refractivity contribution is 9.10. The first-order valence-electron chi connectivity index (χ1n) is 5.29. The number of aliphatic hydroxyl groups excluding tert-OH is 1. The number of aryl methyl sites for hydroxylation is 2. The quantitative estimate of drug-likeness (QED) is 0.901. The van der Waals surface area contributed by atoms with Crippen LogP contribution in [0.2, 0.25) is 0 Å². The standard InChI is InChI=1S/C10H14BrN5O/c1-7-10(11)9(15(2)13-7)6-16-5-8(3-4-17)12-14-16/h5,17H,3-4,6H2,1-2H3. The summed E-state index contributed by atoms with van der Waals surface area (Å²) in [5.74, 6) is 0. The van der Waals surface area contributed by atoms with Gasteiger partial charge in [0.2, 0.25) is 0 Å². The second-order valence-electron chi connectivity index (χ2n) is 3.85. The lowest BCUT2D eigenvalue weighted by molar-refractivity contribution is 0.298. The smallest absolute Gasteiger partial charge is 0.0857 e. The maximum Gasteiger partial charge on any atom is 0.0857 e. The molecule has 1 N–H and O–H groups in total. The highest BCUT2D eigenvalue weighted by Crippen LogP contribution is 2.20. The normalized spacial score (nSPS) is 11.1. The van der Waals surface area contributed by atoms with Crippen LogP contribution in [0.3, 0.4) is 0 Å². The van der Waals surface area contributed by atoms with Crippen LogP contribution in [-0.4, -0.2) is 36.5 Å². The number of aliphatic hydroxyl groups is 1. The van der Waals surface area contributed by atoms with Gasteiger partial charge in [-0.15, -0.1) is 5.10 Å². The van der Waals surface area contributed by atoms with Crippen LogP contribution in [0, 0.1) is 6.92 Å². The lowest BCUT2D eigenvalue weighted by Crippen LogP contribution is -2.06. The predicted molar refractivity (Wildman–Crippen MR) is 65.6 cm³/mol. The van der Waals surface area contributed by atoms with Gasteiger partial charge in [0.1, 0.15) is 0 Å². The molecule has 0 amide bonds. The summed E-state index contributed by atoms with van der Waals surface area (Å²) in [6.07, 6.45) is 2.37. The maximum absolute atomic E-state index is 8.81. The van der Waals surface area contributed by atoms with Crippen LogP contribution in [0.1, 0.15) is 17.1 Å². The van der Waals surface area contributed by atoms with E-state index in [4.69, 9.17) is 5.11 Å². The Balaban J connectivity index is 2.19. The largest absolute Gasteiger partial charge is 0.396 e. The van der Waals surface area contributed by atoms with Gasteiger partial charge >= 0.3 is 0 Å². The fourth-order valence-corrected chi connectivity index (χ4v) is 2.11. The van der Waals surface area contributed by atoms with Crippen molar-refractivity contribution in [3.63, 3.8) is 0 Å². The zero-order valence-electron chi connectivity index (χ0n) is 9.76.